The number of nitrogens with one attached hydrogen (secondary N) is 1. The highest BCUT2D eigenvalue weighted by molar-refractivity contribution is 7.98. The Morgan fingerprint density at radius 2 is 2.29 bits per heavy atom. The summed E-state index contributed by atoms with van der Waals surface area (Å²) in [6.07, 6.45) is 1.71. The standard InChI is InChI=1S/C10H13NO5S/c1-5-7-6(3-12)10(8(13)11-5,9(14)16-7)15-4-17-2/h3,5-7H,4H2,1-2H3,(H,11,13)/t5-,6?,7+,10?/m1/s1. The third-order valence-corrected chi connectivity index (χ3v) is 3.46. The lowest BCUT2D eigenvalue weighted by molar-refractivity contribution is -0.167. The van der Waals surface area contributed by atoms with Crippen LogP contribution >= 0.6 is 11.8 Å². The summed E-state index contributed by atoms with van der Waals surface area (Å²) in [5.41, 5.74) is -1.79. The van der Waals surface area contributed by atoms with Crippen molar-refractivity contribution in [3.63, 3.8) is 0 Å². The van der Waals surface area contributed by atoms with Crippen molar-refractivity contribution in [1.82, 2.24) is 5.32 Å². The van der Waals surface area contributed by atoms with Crippen LogP contribution in [-0.4, -0.2) is 48.1 Å². The van der Waals surface area contributed by atoms with Crippen molar-refractivity contribution in [2.45, 2.75) is 24.7 Å². The predicted molar refractivity (Wildman–Crippen MR) is 59.2 cm³/mol. The van der Waals surface area contributed by atoms with Gasteiger partial charge in [-0.3, -0.25) is 4.79 Å². The number of hydrogen-bond donors (Lipinski definition) is 1. The second-order valence-corrected chi connectivity index (χ2v) is 4.89. The molecular formula is C10H13NO5S. The number of thioether (sulfide) groups is 1. The van der Waals surface area contributed by atoms with Crippen molar-refractivity contribution in [2.75, 3.05) is 12.2 Å². The molecule has 2 aliphatic rings. The van der Waals surface area contributed by atoms with Crippen molar-refractivity contribution in [3.8, 4) is 0 Å². The zero-order valence-electron chi connectivity index (χ0n) is 9.47. The summed E-state index contributed by atoms with van der Waals surface area (Å²) in [4.78, 5) is 34.9. The molecule has 0 saturated carbocycles. The van der Waals surface area contributed by atoms with Crippen LogP contribution in [0.3, 0.4) is 0 Å². The SMILES string of the molecule is CSCOC12C(=O)N[C@H](C)[C@H](OC1=O)C2C=O. The first-order chi connectivity index (χ1) is 8.07. The van der Waals surface area contributed by atoms with Gasteiger partial charge in [0.1, 0.15) is 18.3 Å². The summed E-state index contributed by atoms with van der Waals surface area (Å²) in [5, 5.41) is 2.61. The quantitative estimate of drug-likeness (QED) is 0.312. The van der Waals surface area contributed by atoms with Gasteiger partial charge in [-0.05, 0) is 13.2 Å². The van der Waals surface area contributed by atoms with Gasteiger partial charge >= 0.3 is 5.97 Å². The molecule has 4 atom stereocenters. The molecule has 0 aromatic carbocycles. The van der Waals surface area contributed by atoms with E-state index in [0.29, 0.717) is 6.29 Å². The molecule has 1 amide bonds. The first-order valence-electron chi connectivity index (χ1n) is 5.18. The lowest BCUT2D eigenvalue weighted by Gasteiger charge is -2.35. The van der Waals surface area contributed by atoms with E-state index >= 15 is 0 Å². The van der Waals surface area contributed by atoms with E-state index in [9.17, 15) is 14.4 Å². The van der Waals surface area contributed by atoms with Gasteiger partial charge in [-0.1, -0.05) is 0 Å². The Morgan fingerprint density at radius 1 is 1.59 bits per heavy atom. The van der Waals surface area contributed by atoms with Crippen molar-refractivity contribution >= 4 is 29.9 Å². The Morgan fingerprint density at radius 3 is 2.88 bits per heavy atom. The minimum Gasteiger partial charge on any atom is -0.457 e. The number of carbonyl (C=O) groups is 3. The van der Waals surface area contributed by atoms with Crippen LogP contribution in [0.2, 0.25) is 0 Å². The fourth-order valence-electron chi connectivity index (χ4n) is 2.25. The molecule has 0 aromatic heterocycles. The number of ether oxygens (including phenoxy) is 2. The maximum absolute atomic E-state index is 12.0. The molecule has 2 rings (SSSR count). The largest absolute Gasteiger partial charge is 0.457 e. The van der Waals surface area contributed by atoms with Crippen molar-refractivity contribution in [3.05, 3.63) is 0 Å². The number of amides is 1. The van der Waals surface area contributed by atoms with E-state index in [1.54, 1.807) is 13.2 Å². The minimum absolute atomic E-state index is 0.147. The van der Waals surface area contributed by atoms with E-state index in [2.05, 4.69) is 5.32 Å². The molecule has 0 aromatic rings. The van der Waals surface area contributed by atoms with Crippen LogP contribution in [0, 0.1) is 5.92 Å². The highest BCUT2D eigenvalue weighted by Gasteiger charge is 2.68. The van der Waals surface area contributed by atoms with Crippen LogP contribution in [0.5, 0.6) is 0 Å². The van der Waals surface area contributed by atoms with E-state index < -0.39 is 29.5 Å². The second kappa shape index (κ2) is 4.30. The zero-order valence-corrected chi connectivity index (χ0v) is 10.3. The van der Waals surface area contributed by atoms with Crippen LogP contribution in [0.1, 0.15) is 6.92 Å². The van der Waals surface area contributed by atoms with Gasteiger partial charge in [0.15, 0.2) is 0 Å². The number of aldehydes is 1. The van der Waals surface area contributed by atoms with Crippen LogP contribution < -0.4 is 5.32 Å². The molecule has 0 spiro atoms. The second-order valence-electron chi connectivity index (χ2n) is 4.08. The Hall–Kier alpha value is -1.08. The number of piperidine rings is 1. The Labute approximate surface area is 102 Å². The first-order valence-corrected chi connectivity index (χ1v) is 6.57. The molecule has 2 saturated heterocycles. The Kier molecular flexibility index (Phi) is 3.13. The normalized spacial score (nSPS) is 39.8. The Bertz CT molecular complexity index is 374. The number of esters is 1. The smallest absolute Gasteiger partial charge is 0.349 e. The van der Waals surface area contributed by atoms with Gasteiger partial charge in [0, 0.05) is 0 Å². The molecule has 2 unspecified atom stereocenters. The molecule has 0 aliphatic carbocycles. The summed E-state index contributed by atoms with van der Waals surface area (Å²) >= 11 is 1.32. The third-order valence-electron chi connectivity index (χ3n) is 3.11. The fourth-order valence-corrected chi connectivity index (χ4v) is 2.55. The lowest BCUT2D eigenvalue weighted by Crippen LogP contribution is -2.64. The molecule has 0 radical (unpaired) electrons. The Balaban J connectivity index is 2.39. The number of rotatable bonds is 4. The monoisotopic (exact) mass is 259 g/mol. The predicted octanol–water partition coefficient (Wildman–Crippen LogP) is -0.679. The van der Waals surface area contributed by atoms with Gasteiger partial charge in [0.2, 0.25) is 0 Å². The molecule has 2 heterocycles. The summed E-state index contributed by atoms with van der Waals surface area (Å²) < 4.78 is 10.4. The van der Waals surface area contributed by atoms with E-state index in [1.807, 2.05) is 0 Å². The molecule has 2 fully saturated rings. The third kappa shape index (κ3) is 1.56. The van der Waals surface area contributed by atoms with Crippen LogP contribution in [0.4, 0.5) is 0 Å². The summed E-state index contributed by atoms with van der Waals surface area (Å²) in [6.45, 7) is 1.69. The fraction of sp³-hybridized carbons (Fsp3) is 0.700. The maximum atomic E-state index is 12.0. The molecule has 2 aliphatic heterocycles. The van der Waals surface area contributed by atoms with Crippen LogP contribution in [0.15, 0.2) is 0 Å². The van der Waals surface area contributed by atoms with Gasteiger partial charge in [0.05, 0.1) is 12.0 Å². The number of hydrogen-bond acceptors (Lipinski definition) is 6. The summed E-state index contributed by atoms with van der Waals surface area (Å²) in [7, 11) is 0. The van der Waals surface area contributed by atoms with Gasteiger partial charge < -0.3 is 19.6 Å². The van der Waals surface area contributed by atoms with E-state index in [1.165, 1.54) is 11.8 Å². The van der Waals surface area contributed by atoms with Crippen LogP contribution in [0.25, 0.3) is 0 Å². The average molecular weight is 259 g/mol. The number of carbonyl (C=O) groups excluding carboxylic acids is 3. The topological polar surface area (TPSA) is 81.7 Å². The zero-order chi connectivity index (χ0) is 12.6. The van der Waals surface area contributed by atoms with Crippen LogP contribution in [-0.2, 0) is 23.9 Å². The van der Waals surface area contributed by atoms with Gasteiger partial charge in [-0.25, -0.2) is 4.79 Å². The number of fused-ring (bicyclic) bond motifs is 2. The molecule has 1 N–H and O–H groups in total. The van der Waals surface area contributed by atoms with E-state index in [-0.39, 0.29) is 12.0 Å². The first kappa shape index (κ1) is 12.4. The summed E-state index contributed by atoms with van der Waals surface area (Å²) in [5.74, 6) is -2.08. The van der Waals surface area contributed by atoms with Crippen molar-refractivity contribution < 1.29 is 23.9 Å². The lowest BCUT2D eigenvalue weighted by atomic mass is 9.80. The highest BCUT2D eigenvalue weighted by atomic mass is 32.2. The molecular weight excluding hydrogens is 246 g/mol. The molecule has 7 heteroatoms. The molecule has 2 bridgehead atoms. The van der Waals surface area contributed by atoms with E-state index in [0.717, 1.165) is 0 Å². The van der Waals surface area contributed by atoms with Gasteiger partial charge in [-0.2, -0.15) is 0 Å². The molecule has 17 heavy (non-hydrogen) atoms. The van der Waals surface area contributed by atoms with Crippen molar-refractivity contribution in [1.29, 1.82) is 0 Å². The minimum atomic E-state index is -1.79. The highest BCUT2D eigenvalue weighted by Crippen LogP contribution is 2.39. The van der Waals surface area contributed by atoms with Gasteiger partial charge in [-0.15, -0.1) is 11.8 Å². The molecule has 94 valence electrons. The van der Waals surface area contributed by atoms with Crippen molar-refractivity contribution in [2.24, 2.45) is 5.92 Å². The van der Waals surface area contributed by atoms with Gasteiger partial charge in [0.25, 0.3) is 11.5 Å². The summed E-state index contributed by atoms with van der Waals surface area (Å²) in [6, 6.07) is -0.379. The molecule has 6 nitrogen and oxygen atoms in total. The van der Waals surface area contributed by atoms with E-state index in [4.69, 9.17) is 9.47 Å². The average Bonchev–Trinajstić information content (AvgIpc) is 2.55. The maximum Gasteiger partial charge on any atom is 0.349 e.